The molecule has 9 heteroatoms. The van der Waals surface area contributed by atoms with Crippen LogP contribution in [0.5, 0.6) is 0 Å². The van der Waals surface area contributed by atoms with Crippen molar-refractivity contribution in [1.29, 1.82) is 0 Å². The van der Waals surface area contributed by atoms with Gasteiger partial charge in [-0.1, -0.05) is 0 Å². The van der Waals surface area contributed by atoms with Gasteiger partial charge >= 0.3 is 0 Å². The predicted molar refractivity (Wildman–Crippen MR) is 88.8 cm³/mol. The van der Waals surface area contributed by atoms with Gasteiger partial charge in [-0.3, -0.25) is 9.59 Å². The molecular formula is C14H17N5O3S. The van der Waals surface area contributed by atoms with Crippen LogP contribution in [0.3, 0.4) is 0 Å². The van der Waals surface area contributed by atoms with E-state index in [1.807, 2.05) is 13.0 Å². The summed E-state index contributed by atoms with van der Waals surface area (Å²) < 4.78 is 4.15. The fourth-order valence-electron chi connectivity index (χ4n) is 1.92. The molecule has 122 valence electrons. The highest BCUT2D eigenvalue weighted by Gasteiger charge is 2.16. The average molecular weight is 335 g/mol. The third-order valence-corrected chi connectivity index (χ3v) is 3.83. The first-order chi connectivity index (χ1) is 10.9. The summed E-state index contributed by atoms with van der Waals surface area (Å²) in [7, 11) is 0. The summed E-state index contributed by atoms with van der Waals surface area (Å²) in [4.78, 5) is 22.7. The molecule has 0 unspecified atom stereocenters. The third kappa shape index (κ3) is 4.18. The summed E-state index contributed by atoms with van der Waals surface area (Å²) >= 11 is 1.25. The molecule has 2 amide bonds. The molecule has 7 N–H and O–H groups in total. The van der Waals surface area contributed by atoms with Gasteiger partial charge in [-0.25, -0.2) is 0 Å². The predicted octanol–water partition coefficient (Wildman–Crippen LogP) is 0.552. The van der Waals surface area contributed by atoms with Gasteiger partial charge < -0.3 is 27.2 Å². The van der Waals surface area contributed by atoms with E-state index >= 15 is 0 Å². The van der Waals surface area contributed by atoms with E-state index in [9.17, 15) is 9.59 Å². The Morgan fingerprint density at radius 1 is 1.35 bits per heavy atom. The molecule has 0 aliphatic heterocycles. The Morgan fingerprint density at radius 2 is 2.09 bits per heavy atom. The first-order valence-electron chi connectivity index (χ1n) is 6.71. The molecular weight excluding hydrogens is 318 g/mol. The van der Waals surface area contributed by atoms with Gasteiger partial charge in [0.05, 0.1) is 23.6 Å². The number of nitrogens with zero attached hydrogens (tertiary/aromatic N) is 1. The van der Waals surface area contributed by atoms with E-state index in [0.717, 1.165) is 10.7 Å². The Hall–Kier alpha value is -2.65. The smallest absolute Gasteiger partial charge is 0.250 e. The summed E-state index contributed by atoms with van der Waals surface area (Å²) in [5.41, 5.74) is 12.7. The maximum Gasteiger partial charge on any atom is 0.250 e. The molecule has 1 aromatic carbocycles. The number of nitrogens with two attached hydrogens (primary N) is 2. The lowest BCUT2D eigenvalue weighted by molar-refractivity contribution is -0.119. The van der Waals surface area contributed by atoms with Gasteiger partial charge in [-0.15, -0.1) is 0 Å². The number of benzene rings is 1. The van der Waals surface area contributed by atoms with Crippen LogP contribution in [0.1, 0.15) is 16.1 Å². The maximum absolute atomic E-state index is 11.6. The number of carbonyl (C=O) groups is 2. The normalized spacial score (nSPS) is 11.7. The van der Waals surface area contributed by atoms with Crippen LogP contribution >= 0.6 is 11.5 Å². The van der Waals surface area contributed by atoms with Crippen molar-refractivity contribution in [3.8, 4) is 0 Å². The number of primary amides is 2. The number of aryl methyl sites for hydroxylation is 1. The van der Waals surface area contributed by atoms with E-state index in [2.05, 4.69) is 15.0 Å². The number of hydrogen-bond donors (Lipinski definition) is 5. The number of aliphatic hydroxyl groups is 1. The van der Waals surface area contributed by atoms with E-state index in [1.54, 1.807) is 12.1 Å². The van der Waals surface area contributed by atoms with Crippen molar-refractivity contribution < 1.29 is 14.7 Å². The molecule has 0 saturated carbocycles. The van der Waals surface area contributed by atoms with E-state index in [1.165, 1.54) is 17.6 Å². The number of hydrogen-bond acceptors (Lipinski definition) is 7. The van der Waals surface area contributed by atoms with Gasteiger partial charge in [0.2, 0.25) is 5.91 Å². The molecule has 0 saturated heterocycles. The van der Waals surface area contributed by atoms with Gasteiger partial charge in [0, 0.05) is 5.69 Å². The van der Waals surface area contributed by atoms with Gasteiger partial charge in [0.1, 0.15) is 11.0 Å². The fraction of sp³-hybridized carbons (Fsp3) is 0.214. The lowest BCUT2D eigenvalue weighted by Gasteiger charge is -2.16. The van der Waals surface area contributed by atoms with E-state index in [0.29, 0.717) is 16.9 Å². The van der Waals surface area contributed by atoms with Crippen molar-refractivity contribution in [2.45, 2.75) is 13.0 Å². The lowest BCUT2D eigenvalue weighted by Crippen LogP contribution is -2.38. The molecule has 0 spiro atoms. The zero-order valence-corrected chi connectivity index (χ0v) is 13.2. The van der Waals surface area contributed by atoms with Crippen molar-refractivity contribution >= 4 is 39.7 Å². The molecule has 2 aromatic rings. The fourth-order valence-corrected chi connectivity index (χ4v) is 2.59. The molecule has 0 bridgehead atoms. The van der Waals surface area contributed by atoms with Crippen molar-refractivity contribution in [3.63, 3.8) is 0 Å². The standard InChI is InChI=1S/C14H17N5O3S/c1-7-4-12(23-19-7)18-10-5-8(2-3-9(10)13(15)21)17-11(6-20)14(16)22/h2-5,11,17-18,20H,6H2,1H3,(H2,15,21)(H2,16,22)/t11-/m1/s1. The number of nitrogens with one attached hydrogen (secondary N) is 2. The highest BCUT2D eigenvalue weighted by Crippen LogP contribution is 2.27. The number of amides is 2. The minimum atomic E-state index is -0.923. The third-order valence-electron chi connectivity index (χ3n) is 3.04. The van der Waals surface area contributed by atoms with Crippen LogP contribution in [0.25, 0.3) is 0 Å². The second kappa shape index (κ2) is 7.07. The highest BCUT2D eigenvalue weighted by molar-refractivity contribution is 7.10. The van der Waals surface area contributed by atoms with E-state index < -0.39 is 24.5 Å². The molecule has 2 rings (SSSR count). The number of rotatable bonds is 7. The van der Waals surface area contributed by atoms with Crippen molar-refractivity contribution in [2.24, 2.45) is 11.5 Å². The average Bonchev–Trinajstić information content (AvgIpc) is 2.89. The molecule has 23 heavy (non-hydrogen) atoms. The summed E-state index contributed by atoms with van der Waals surface area (Å²) in [5, 5.41) is 15.8. The van der Waals surface area contributed by atoms with Crippen LogP contribution in [-0.4, -0.2) is 33.9 Å². The van der Waals surface area contributed by atoms with E-state index in [4.69, 9.17) is 16.6 Å². The largest absolute Gasteiger partial charge is 0.394 e. The molecule has 1 aromatic heterocycles. The number of carbonyl (C=O) groups excluding carboxylic acids is 2. The van der Waals surface area contributed by atoms with Gasteiger partial charge in [0.25, 0.3) is 5.91 Å². The Labute approximate surface area is 136 Å². The second-order valence-electron chi connectivity index (χ2n) is 4.86. The first kappa shape index (κ1) is 16.7. The highest BCUT2D eigenvalue weighted by atomic mass is 32.1. The second-order valence-corrected chi connectivity index (χ2v) is 5.67. The molecule has 0 radical (unpaired) electrons. The molecule has 1 atom stereocenters. The Morgan fingerprint density at radius 3 is 2.61 bits per heavy atom. The zero-order valence-electron chi connectivity index (χ0n) is 12.4. The Balaban J connectivity index is 2.31. The van der Waals surface area contributed by atoms with Gasteiger partial charge in [-0.2, -0.15) is 4.37 Å². The van der Waals surface area contributed by atoms with Crippen LogP contribution in [0, 0.1) is 6.92 Å². The SMILES string of the molecule is Cc1cc(Nc2cc(N[C@H](CO)C(N)=O)ccc2C(N)=O)sn1. The zero-order chi connectivity index (χ0) is 17.0. The number of anilines is 3. The Bertz CT molecular complexity index is 731. The van der Waals surface area contributed by atoms with Crippen molar-refractivity contribution in [3.05, 3.63) is 35.5 Å². The molecule has 0 aliphatic carbocycles. The van der Waals surface area contributed by atoms with Crippen LogP contribution in [-0.2, 0) is 4.79 Å². The lowest BCUT2D eigenvalue weighted by atomic mass is 10.1. The van der Waals surface area contributed by atoms with Crippen LogP contribution in [0.15, 0.2) is 24.3 Å². The van der Waals surface area contributed by atoms with Crippen LogP contribution in [0.4, 0.5) is 16.4 Å². The van der Waals surface area contributed by atoms with Crippen molar-refractivity contribution in [1.82, 2.24) is 4.37 Å². The van der Waals surface area contributed by atoms with Crippen molar-refractivity contribution in [2.75, 3.05) is 17.2 Å². The summed E-state index contributed by atoms with van der Waals surface area (Å²) in [6.45, 7) is 1.41. The van der Waals surface area contributed by atoms with Crippen LogP contribution in [0.2, 0.25) is 0 Å². The monoisotopic (exact) mass is 335 g/mol. The molecule has 0 fully saturated rings. The van der Waals surface area contributed by atoms with Crippen LogP contribution < -0.4 is 22.1 Å². The van der Waals surface area contributed by atoms with Gasteiger partial charge in [0.15, 0.2) is 0 Å². The van der Waals surface area contributed by atoms with E-state index in [-0.39, 0.29) is 0 Å². The number of aliphatic hydroxyl groups excluding tert-OH is 1. The summed E-state index contributed by atoms with van der Waals surface area (Å²) in [6, 6.07) is 5.62. The first-order valence-corrected chi connectivity index (χ1v) is 7.49. The molecule has 0 aliphatic rings. The minimum Gasteiger partial charge on any atom is -0.394 e. The maximum atomic E-state index is 11.6. The Kier molecular flexibility index (Phi) is 5.14. The quantitative estimate of drug-likeness (QED) is 0.500. The minimum absolute atomic E-state index is 0.293. The summed E-state index contributed by atoms with van der Waals surface area (Å²) in [6.07, 6.45) is 0. The molecule has 1 heterocycles. The van der Waals surface area contributed by atoms with Gasteiger partial charge in [-0.05, 0) is 42.7 Å². The molecule has 8 nitrogen and oxygen atoms in total. The topological polar surface area (TPSA) is 143 Å². The number of aromatic nitrogens is 1. The summed E-state index contributed by atoms with van der Waals surface area (Å²) in [5.74, 6) is -1.27.